The molecule has 0 aliphatic carbocycles. The molecule has 3 rings (SSSR count). The lowest BCUT2D eigenvalue weighted by Crippen LogP contribution is -2.32. The number of carbonyl (C=O) groups excluding carboxylic acids is 2. The molecule has 1 amide bonds. The van der Waals surface area contributed by atoms with Crippen molar-refractivity contribution in [1.29, 1.82) is 0 Å². The quantitative estimate of drug-likeness (QED) is 0.878. The molecule has 0 saturated carbocycles. The Morgan fingerprint density at radius 2 is 2.00 bits per heavy atom. The molecule has 0 radical (unpaired) electrons. The Bertz CT molecular complexity index is 722. The Labute approximate surface area is 122 Å². The molecule has 4 nitrogen and oxygen atoms in total. The summed E-state index contributed by atoms with van der Waals surface area (Å²) in [6.45, 7) is 0.644. The molecule has 1 aliphatic heterocycles. The van der Waals surface area contributed by atoms with E-state index < -0.39 is 0 Å². The first kappa shape index (κ1) is 13.4. The molecule has 0 spiro atoms. The molecule has 2 aromatic rings. The van der Waals surface area contributed by atoms with Gasteiger partial charge in [-0.25, -0.2) is 0 Å². The van der Waals surface area contributed by atoms with Gasteiger partial charge >= 0.3 is 0 Å². The summed E-state index contributed by atoms with van der Waals surface area (Å²) in [6.07, 6.45) is 0.796. The summed E-state index contributed by atoms with van der Waals surface area (Å²) < 4.78 is 5.22. The van der Waals surface area contributed by atoms with Crippen LogP contribution < -0.4 is 10.1 Å². The van der Waals surface area contributed by atoms with E-state index in [1.165, 1.54) is 7.11 Å². The molecule has 1 N–H and O–H groups in total. The molecule has 0 bridgehead atoms. The van der Waals surface area contributed by atoms with E-state index in [1.807, 2.05) is 12.1 Å². The van der Waals surface area contributed by atoms with E-state index in [0.717, 1.165) is 12.0 Å². The SMILES string of the molecule is COc1ccccc1C(=O)c1ccc2c(c1)C(=O)NCC2. The van der Waals surface area contributed by atoms with Gasteiger partial charge in [0.1, 0.15) is 5.75 Å². The predicted molar refractivity (Wildman–Crippen MR) is 78.9 cm³/mol. The molecular weight excluding hydrogens is 266 g/mol. The van der Waals surface area contributed by atoms with E-state index in [2.05, 4.69) is 5.32 Å². The van der Waals surface area contributed by atoms with Crippen molar-refractivity contribution in [3.8, 4) is 5.75 Å². The summed E-state index contributed by atoms with van der Waals surface area (Å²) in [7, 11) is 1.53. The van der Waals surface area contributed by atoms with Crippen molar-refractivity contribution in [3.05, 3.63) is 64.7 Å². The van der Waals surface area contributed by atoms with Crippen LogP contribution in [0.5, 0.6) is 5.75 Å². The van der Waals surface area contributed by atoms with Crippen molar-refractivity contribution in [2.45, 2.75) is 6.42 Å². The number of benzene rings is 2. The Kier molecular flexibility index (Phi) is 3.44. The van der Waals surface area contributed by atoms with E-state index >= 15 is 0 Å². The van der Waals surface area contributed by atoms with Gasteiger partial charge in [-0.15, -0.1) is 0 Å². The van der Waals surface area contributed by atoms with Crippen LogP contribution in [0.3, 0.4) is 0 Å². The van der Waals surface area contributed by atoms with Gasteiger partial charge in [-0.3, -0.25) is 9.59 Å². The van der Waals surface area contributed by atoms with Gasteiger partial charge < -0.3 is 10.1 Å². The number of fused-ring (bicyclic) bond motifs is 1. The molecule has 0 aromatic heterocycles. The van der Waals surface area contributed by atoms with Crippen LogP contribution >= 0.6 is 0 Å². The molecule has 0 atom stereocenters. The molecule has 0 fully saturated rings. The monoisotopic (exact) mass is 281 g/mol. The van der Waals surface area contributed by atoms with Crippen molar-refractivity contribution in [3.63, 3.8) is 0 Å². The van der Waals surface area contributed by atoms with Gasteiger partial charge in [0.15, 0.2) is 5.78 Å². The van der Waals surface area contributed by atoms with Crippen molar-refractivity contribution in [1.82, 2.24) is 5.32 Å². The number of ether oxygens (including phenoxy) is 1. The van der Waals surface area contributed by atoms with Crippen LogP contribution in [-0.4, -0.2) is 25.3 Å². The van der Waals surface area contributed by atoms with Gasteiger partial charge in [0.25, 0.3) is 5.91 Å². The third-order valence-corrected chi connectivity index (χ3v) is 3.65. The number of hydrogen-bond acceptors (Lipinski definition) is 3. The van der Waals surface area contributed by atoms with Gasteiger partial charge in [0, 0.05) is 17.7 Å². The van der Waals surface area contributed by atoms with Gasteiger partial charge in [0.05, 0.1) is 12.7 Å². The maximum atomic E-state index is 12.6. The zero-order valence-corrected chi connectivity index (χ0v) is 11.7. The standard InChI is InChI=1S/C17H15NO3/c1-21-15-5-3-2-4-13(15)16(19)12-7-6-11-8-9-18-17(20)14(11)10-12/h2-7,10H,8-9H2,1H3,(H,18,20). The number of carbonyl (C=O) groups is 2. The van der Waals surface area contributed by atoms with E-state index in [9.17, 15) is 9.59 Å². The van der Waals surface area contributed by atoms with Gasteiger partial charge in [-0.05, 0) is 30.2 Å². The van der Waals surface area contributed by atoms with Crippen molar-refractivity contribution in [2.24, 2.45) is 0 Å². The van der Waals surface area contributed by atoms with Crippen LogP contribution in [0.15, 0.2) is 42.5 Å². The largest absolute Gasteiger partial charge is 0.496 e. The predicted octanol–water partition coefficient (Wildman–Crippen LogP) is 2.21. The Balaban J connectivity index is 2.03. The van der Waals surface area contributed by atoms with Crippen LogP contribution in [0, 0.1) is 0 Å². The van der Waals surface area contributed by atoms with Crippen LogP contribution in [0.25, 0.3) is 0 Å². The zero-order valence-electron chi connectivity index (χ0n) is 11.7. The van der Waals surface area contributed by atoms with Crippen molar-refractivity contribution >= 4 is 11.7 Å². The topological polar surface area (TPSA) is 55.4 Å². The summed E-state index contributed by atoms with van der Waals surface area (Å²) in [5.74, 6) is 0.268. The van der Waals surface area contributed by atoms with Gasteiger partial charge in [-0.2, -0.15) is 0 Å². The minimum absolute atomic E-state index is 0.120. The first-order valence-electron chi connectivity index (χ1n) is 6.79. The second-order valence-corrected chi connectivity index (χ2v) is 4.91. The molecule has 0 unspecified atom stereocenters. The number of nitrogens with one attached hydrogen (secondary N) is 1. The molecule has 0 saturated heterocycles. The van der Waals surface area contributed by atoms with E-state index in [4.69, 9.17) is 4.74 Å². The lowest BCUT2D eigenvalue weighted by Gasteiger charge is -2.17. The smallest absolute Gasteiger partial charge is 0.251 e. The number of amides is 1. The summed E-state index contributed by atoms with van der Waals surface area (Å²) in [5.41, 5.74) is 2.56. The average Bonchev–Trinajstić information content (AvgIpc) is 2.54. The van der Waals surface area contributed by atoms with Gasteiger partial charge in [0.2, 0.25) is 0 Å². The minimum Gasteiger partial charge on any atom is -0.496 e. The van der Waals surface area contributed by atoms with Crippen LogP contribution in [0.2, 0.25) is 0 Å². The Morgan fingerprint density at radius 3 is 2.81 bits per heavy atom. The minimum atomic E-state index is -0.145. The lowest BCUT2D eigenvalue weighted by molar-refractivity contribution is 0.0946. The van der Waals surface area contributed by atoms with Crippen LogP contribution in [0.1, 0.15) is 31.8 Å². The second kappa shape index (κ2) is 5.40. The normalized spacial score (nSPS) is 13.3. The Morgan fingerprint density at radius 1 is 1.19 bits per heavy atom. The average molecular weight is 281 g/mol. The van der Waals surface area contributed by atoms with E-state index in [1.54, 1.807) is 30.3 Å². The van der Waals surface area contributed by atoms with Crippen LogP contribution in [0.4, 0.5) is 0 Å². The molecular formula is C17H15NO3. The maximum absolute atomic E-state index is 12.6. The van der Waals surface area contributed by atoms with E-state index in [0.29, 0.717) is 29.0 Å². The molecule has 21 heavy (non-hydrogen) atoms. The van der Waals surface area contributed by atoms with Gasteiger partial charge in [-0.1, -0.05) is 24.3 Å². The Hall–Kier alpha value is -2.62. The first-order chi connectivity index (χ1) is 10.2. The highest BCUT2D eigenvalue weighted by atomic mass is 16.5. The number of para-hydroxylation sites is 1. The number of rotatable bonds is 3. The highest BCUT2D eigenvalue weighted by Crippen LogP contribution is 2.23. The summed E-state index contributed by atoms with van der Waals surface area (Å²) in [6, 6.07) is 12.4. The fraction of sp³-hybridized carbons (Fsp3) is 0.176. The molecule has 106 valence electrons. The number of ketones is 1. The summed E-state index contributed by atoms with van der Waals surface area (Å²) in [4.78, 5) is 24.5. The van der Waals surface area contributed by atoms with Crippen LogP contribution in [-0.2, 0) is 6.42 Å². The highest BCUT2D eigenvalue weighted by molar-refractivity contribution is 6.12. The third-order valence-electron chi connectivity index (χ3n) is 3.65. The van der Waals surface area contributed by atoms with Crippen molar-refractivity contribution < 1.29 is 14.3 Å². The molecule has 2 aromatic carbocycles. The number of hydrogen-bond donors (Lipinski definition) is 1. The molecule has 1 heterocycles. The molecule has 1 aliphatic rings. The second-order valence-electron chi connectivity index (χ2n) is 4.91. The number of methoxy groups -OCH3 is 1. The fourth-order valence-corrected chi connectivity index (χ4v) is 2.54. The van der Waals surface area contributed by atoms with E-state index in [-0.39, 0.29) is 11.7 Å². The summed E-state index contributed by atoms with van der Waals surface area (Å²) in [5, 5.41) is 2.79. The fourth-order valence-electron chi connectivity index (χ4n) is 2.54. The highest BCUT2D eigenvalue weighted by Gasteiger charge is 2.20. The lowest BCUT2D eigenvalue weighted by atomic mass is 9.94. The molecule has 4 heteroatoms. The third kappa shape index (κ3) is 2.40. The summed E-state index contributed by atoms with van der Waals surface area (Å²) >= 11 is 0. The maximum Gasteiger partial charge on any atom is 0.251 e. The first-order valence-corrected chi connectivity index (χ1v) is 6.79. The van der Waals surface area contributed by atoms with Crippen molar-refractivity contribution in [2.75, 3.05) is 13.7 Å². The zero-order chi connectivity index (χ0) is 14.8.